The van der Waals surface area contributed by atoms with Crippen LogP contribution >= 0.6 is 0 Å². The Hall–Kier alpha value is -4.92. The number of amides is 2. The summed E-state index contributed by atoms with van der Waals surface area (Å²) in [5.74, 6) is 4.60. The molecule has 3 N–H and O–H groups in total. The fraction of sp³-hybridized carbons (Fsp3) is 0.192. The Morgan fingerprint density at radius 2 is 1.84 bits per heavy atom. The number of rotatable bonds is 5. The van der Waals surface area contributed by atoms with Gasteiger partial charge in [0.25, 0.3) is 11.8 Å². The van der Waals surface area contributed by atoms with Gasteiger partial charge in [-0.2, -0.15) is 13.2 Å². The highest BCUT2D eigenvalue weighted by Gasteiger charge is 2.31. The molecule has 1 aromatic carbocycles. The van der Waals surface area contributed by atoms with E-state index in [0.29, 0.717) is 22.6 Å². The number of pyridine rings is 1. The zero-order chi connectivity index (χ0) is 27.6. The van der Waals surface area contributed by atoms with E-state index in [-0.39, 0.29) is 23.1 Å². The largest absolute Gasteiger partial charge is 0.416 e. The van der Waals surface area contributed by atoms with E-state index < -0.39 is 23.7 Å². The van der Waals surface area contributed by atoms with Crippen molar-refractivity contribution >= 4 is 29.0 Å². The third-order valence-electron chi connectivity index (χ3n) is 5.87. The van der Waals surface area contributed by atoms with Gasteiger partial charge in [-0.25, -0.2) is 15.0 Å². The Balaban J connectivity index is 1.65. The lowest BCUT2D eigenvalue weighted by atomic mass is 10.1. The van der Waals surface area contributed by atoms with Crippen molar-refractivity contribution < 1.29 is 22.8 Å². The van der Waals surface area contributed by atoms with Crippen molar-refractivity contribution in [2.45, 2.75) is 26.1 Å². The van der Waals surface area contributed by atoms with Crippen molar-refractivity contribution in [3.8, 4) is 23.1 Å². The minimum atomic E-state index is -4.56. The van der Waals surface area contributed by atoms with Crippen LogP contribution in [0.15, 0.2) is 55.0 Å². The smallest absolute Gasteiger partial charge is 0.382 e. The number of imidazole rings is 1. The number of aromatic nitrogens is 4. The highest BCUT2D eigenvalue weighted by atomic mass is 19.4. The van der Waals surface area contributed by atoms with Crippen LogP contribution in [0.1, 0.15) is 41.6 Å². The van der Waals surface area contributed by atoms with E-state index in [4.69, 9.17) is 10.7 Å². The normalized spacial score (nSPS) is 11.9. The van der Waals surface area contributed by atoms with Gasteiger partial charge in [-0.05, 0) is 44.0 Å². The number of benzene rings is 1. The summed E-state index contributed by atoms with van der Waals surface area (Å²) in [5.41, 5.74) is 7.05. The second-order valence-electron chi connectivity index (χ2n) is 8.28. The average Bonchev–Trinajstić information content (AvgIpc) is 3.28. The first-order valence-electron chi connectivity index (χ1n) is 11.3. The first-order valence-corrected chi connectivity index (χ1v) is 11.3. The molecule has 12 heteroatoms. The fourth-order valence-corrected chi connectivity index (χ4v) is 3.77. The molecule has 9 nitrogen and oxygen atoms in total. The van der Waals surface area contributed by atoms with Gasteiger partial charge in [-0.15, -0.1) is 0 Å². The van der Waals surface area contributed by atoms with Crippen molar-refractivity contribution in [2.75, 3.05) is 18.1 Å². The van der Waals surface area contributed by atoms with Crippen LogP contribution in [0.4, 0.5) is 24.8 Å². The minimum absolute atomic E-state index is 0.194. The molecule has 194 valence electrons. The first-order chi connectivity index (χ1) is 18.0. The Morgan fingerprint density at radius 3 is 2.50 bits per heavy atom. The summed E-state index contributed by atoms with van der Waals surface area (Å²) in [6.07, 6.45) is -0.382. The monoisotopic (exact) mass is 521 g/mol. The summed E-state index contributed by atoms with van der Waals surface area (Å²) in [6, 6.07) is 7.40. The number of hydrogen-bond donors (Lipinski definition) is 2. The van der Waals surface area contributed by atoms with Crippen molar-refractivity contribution in [1.82, 2.24) is 24.3 Å². The van der Waals surface area contributed by atoms with Gasteiger partial charge < -0.3 is 16.0 Å². The van der Waals surface area contributed by atoms with E-state index in [1.54, 1.807) is 43.6 Å². The predicted octanol–water partition coefficient (Wildman–Crippen LogP) is 4.19. The average molecular weight is 522 g/mol. The summed E-state index contributed by atoms with van der Waals surface area (Å²) in [7, 11) is 1.62. The molecule has 3 aromatic heterocycles. The highest BCUT2D eigenvalue weighted by molar-refractivity contribution is 6.04. The number of anilines is 2. The number of halogens is 3. The molecule has 0 saturated heterocycles. The van der Waals surface area contributed by atoms with Crippen LogP contribution in [-0.4, -0.2) is 43.1 Å². The maximum absolute atomic E-state index is 13.0. The molecule has 2 amide bonds. The molecule has 3 heterocycles. The molecular weight excluding hydrogens is 499 g/mol. The molecule has 0 aliphatic rings. The molecule has 4 rings (SSSR count). The van der Waals surface area contributed by atoms with E-state index in [2.05, 4.69) is 27.1 Å². The van der Waals surface area contributed by atoms with Gasteiger partial charge in [0.1, 0.15) is 28.7 Å². The van der Waals surface area contributed by atoms with E-state index in [1.807, 2.05) is 0 Å². The third-order valence-corrected chi connectivity index (χ3v) is 5.87. The van der Waals surface area contributed by atoms with Gasteiger partial charge in [0, 0.05) is 36.8 Å². The number of nitrogens with two attached hydrogens (primary N) is 1. The Labute approximate surface area is 215 Å². The molecule has 0 bridgehead atoms. The van der Waals surface area contributed by atoms with E-state index in [0.717, 1.165) is 18.3 Å². The van der Waals surface area contributed by atoms with Crippen LogP contribution < -0.4 is 11.1 Å². The van der Waals surface area contributed by atoms with Crippen molar-refractivity contribution in [3.05, 3.63) is 71.9 Å². The number of alkyl halides is 3. The molecule has 38 heavy (non-hydrogen) atoms. The van der Waals surface area contributed by atoms with Crippen molar-refractivity contribution in [3.63, 3.8) is 0 Å². The molecule has 4 aromatic rings. The van der Waals surface area contributed by atoms with E-state index in [9.17, 15) is 22.8 Å². The molecule has 0 spiro atoms. The Morgan fingerprint density at radius 1 is 1.13 bits per heavy atom. The summed E-state index contributed by atoms with van der Waals surface area (Å²) in [6.45, 7) is 3.38. The lowest BCUT2D eigenvalue weighted by molar-refractivity contribution is -0.137. The number of carbonyl (C=O) groups is 2. The van der Waals surface area contributed by atoms with Gasteiger partial charge >= 0.3 is 6.18 Å². The highest BCUT2D eigenvalue weighted by Crippen LogP contribution is 2.32. The fourth-order valence-electron chi connectivity index (χ4n) is 3.77. The van der Waals surface area contributed by atoms with Crippen LogP contribution in [0, 0.1) is 11.8 Å². The van der Waals surface area contributed by atoms with Crippen LogP contribution in [0.2, 0.25) is 0 Å². The standard InChI is InChI=1S/C26H22F3N7O2/c1-4-5-20(37)35(3)15(2)24-34-21(22-23(30)32-12-13-36(22)24)16-6-8-17(9-7-16)25(38)33-19-14-18(10-11-31-19)26(27,28)29/h6-15H,1-3H3,(H2,30,32)(H,31,33,38). The molecule has 0 fully saturated rings. The molecule has 0 saturated carbocycles. The lowest BCUT2D eigenvalue weighted by Gasteiger charge is -2.21. The van der Waals surface area contributed by atoms with Gasteiger partial charge in [0.05, 0.1) is 11.6 Å². The number of carbonyl (C=O) groups excluding carboxylic acids is 2. The van der Waals surface area contributed by atoms with Gasteiger partial charge in [-0.3, -0.25) is 14.0 Å². The maximum Gasteiger partial charge on any atom is 0.416 e. The summed E-state index contributed by atoms with van der Waals surface area (Å²) in [4.78, 5) is 39.1. The topological polar surface area (TPSA) is 119 Å². The van der Waals surface area contributed by atoms with Gasteiger partial charge in [0.2, 0.25) is 0 Å². The third kappa shape index (κ3) is 5.12. The molecule has 1 atom stereocenters. The summed E-state index contributed by atoms with van der Waals surface area (Å²) >= 11 is 0. The van der Waals surface area contributed by atoms with Gasteiger partial charge in [0.15, 0.2) is 0 Å². The minimum Gasteiger partial charge on any atom is -0.382 e. The number of nitrogens with one attached hydrogen (secondary N) is 1. The van der Waals surface area contributed by atoms with Crippen molar-refractivity contribution in [1.29, 1.82) is 0 Å². The molecule has 0 aliphatic heterocycles. The number of nitrogens with zero attached hydrogens (tertiary/aromatic N) is 5. The van der Waals surface area contributed by atoms with Crippen molar-refractivity contribution in [2.24, 2.45) is 0 Å². The van der Waals surface area contributed by atoms with Crippen LogP contribution in [-0.2, 0) is 11.0 Å². The Kier molecular flexibility index (Phi) is 7.03. The quantitative estimate of drug-likeness (QED) is 0.380. The number of nitrogen functional groups attached to an aromatic ring is 1. The molecule has 0 radical (unpaired) electrons. The van der Waals surface area contributed by atoms with Gasteiger partial charge in [-0.1, -0.05) is 18.1 Å². The maximum atomic E-state index is 13.0. The summed E-state index contributed by atoms with van der Waals surface area (Å²) in [5, 5.41) is 2.37. The van der Waals surface area contributed by atoms with Crippen LogP contribution in [0.5, 0.6) is 0 Å². The first kappa shape index (κ1) is 26.2. The predicted molar refractivity (Wildman–Crippen MR) is 135 cm³/mol. The molecule has 0 aliphatic carbocycles. The second-order valence-corrected chi connectivity index (χ2v) is 8.28. The summed E-state index contributed by atoms with van der Waals surface area (Å²) < 4.78 is 40.6. The van der Waals surface area contributed by atoms with E-state index in [1.165, 1.54) is 23.2 Å². The van der Waals surface area contributed by atoms with E-state index >= 15 is 0 Å². The lowest BCUT2D eigenvalue weighted by Crippen LogP contribution is -2.29. The number of fused-ring (bicyclic) bond motifs is 1. The molecular formula is C26H22F3N7O2. The zero-order valence-electron chi connectivity index (χ0n) is 20.5. The van der Waals surface area contributed by atoms with Crippen LogP contribution in [0.3, 0.4) is 0 Å². The zero-order valence-corrected chi connectivity index (χ0v) is 20.5. The number of hydrogen-bond acceptors (Lipinski definition) is 6. The SMILES string of the molecule is CC#CC(=O)N(C)C(C)c1nc(-c2ccc(C(=O)Nc3cc(C(F)(F)F)ccn3)cc2)c2c(N)nccn12. The Bertz CT molecular complexity index is 1580. The second kappa shape index (κ2) is 10.2. The molecule has 1 unspecified atom stereocenters. The van der Waals surface area contributed by atoms with Crippen LogP contribution in [0.25, 0.3) is 16.8 Å².